The molecule has 25 heavy (non-hydrogen) atoms. The highest BCUT2D eigenvalue weighted by Crippen LogP contribution is 2.38. The highest BCUT2D eigenvalue weighted by Gasteiger charge is 2.43. The number of rotatable bonds is 8. The molecular formula is C19H29N3O3. The summed E-state index contributed by atoms with van der Waals surface area (Å²) >= 11 is 0. The number of hydrogen-bond donors (Lipinski definition) is 1. The van der Waals surface area contributed by atoms with Crippen molar-refractivity contribution in [2.75, 3.05) is 40.8 Å². The van der Waals surface area contributed by atoms with Crippen molar-refractivity contribution in [3.63, 3.8) is 0 Å². The molecule has 0 bridgehead atoms. The van der Waals surface area contributed by atoms with E-state index in [0.717, 1.165) is 24.3 Å². The first-order chi connectivity index (χ1) is 12.0. The Hall–Kier alpha value is -2.08. The number of nitrogens with one attached hydrogen (secondary N) is 1. The Balaban J connectivity index is 2.11. The van der Waals surface area contributed by atoms with Crippen LogP contribution in [0.3, 0.4) is 0 Å². The number of ether oxygens (including phenoxy) is 1. The first-order valence-electron chi connectivity index (χ1n) is 8.83. The van der Waals surface area contributed by atoms with Crippen LogP contribution >= 0.6 is 0 Å². The molecule has 1 aromatic rings. The monoisotopic (exact) mass is 347 g/mol. The number of amides is 2. The molecule has 1 fully saturated rings. The lowest BCUT2D eigenvalue weighted by molar-refractivity contribution is -0.129. The van der Waals surface area contributed by atoms with Crippen LogP contribution in [-0.4, -0.2) is 62.5 Å². The van der Waals surface area contributed by atoms with Gasteiger partial charge in [0, 0.05) is 19.5 Å². The summed E-state index contributed by atoms with van der Waals surface area (Å²) in [4.78, 5) is 28.9. The fourth-order valence-corrected chi connectivity index (χ4v) is 3.35. The molecule has 0 saturated carbocycles. The van der Waals surface area contributed by atoms with Crippen LogP contribution in [0.15, 0.2) is 24.3 Å². The van der Waals surface area contributed by atoms with Crippen molar-refractivity contribution in [3.05, 3.63) is 29.8 Å². The van der Waals surface area contributed by atoms with Gasteiger partial charge in [-0.05, 0) is 51.7 Å². The summed E-state index contributed by atoms with van der Waals surface area (Å²) in [6.45, 7) is 4.10. The van der Waals surface area contributed by atoms with Crippen LogP contribution in [0.25, 0.3) is 0 Å². The van der Waals surface area contributed by atoms with Crippen LogP contribution in [0.2, 0.25) is 0 Å². The predicted octanol–water partition coefficient (Wildman–Crippen LogP) is 1.67. The number of nitrogens with zero attached hydrogens (tertiary/aromatic N) is 2. The summed E-state index contributed by atoms with van der Waals surface area (Å²) in [5.74, 6) is 0.418. The maximum absolute atomic E-state index is 12.7. The molecule has 0 radical (unpaired) electrons. The summed E-state index contributed by atoms with van der Waals surface area (Å²) in [5, 5.41) is 3.00. The largest absolute Gasteiger partial charge is 0.497 e. The lowest BCUT2D eigenvalue weighted by atomic mass is 9.92. The SMILES string of the molecule is CCN1C(=O)C[C@@H](C(=O)NCCCN(C)C)[C@@H]1c1ccc(OC)cc1. The van der Waals surface area contributed by atoms with E-state index in [1.54, 1.807) is 12.0 Å². The van der Waals surface area contributed by atoms with Crippen LogP contribution in [0.1, 0.15) is 31.4 Å². The maximum Gasteiger partial charge on any atom is 0.226 e. The zero-order valence-corrected chi connectivity index (χ0v) is 15.6. The molecule has 2 atom stereocenters. The standard InChI is InChI=1S/C19H29N3O3/c1-5-22-17(23)13-16(19(24)20-11-6-12-21(2)3)18(22)14-7-9-15(25-4)10-8-14/h7-10,16,18H,5-6,11-13H2,1-4H3,(H,20,24)/t16-,18+/m1/s1. The average Bonchev–Trinajstić information content (AvgIpc) is 2.94. The fourth-order valence-electron chi connectivity index (χ4n) is 3.35. The molecule has 1 saturated heterocycles. The molecule has 1 aliphatic heterocycles. The highest BCUT2D eigenvalue weighted by molar-refractivity contribution is 5.90. The predicted molar refractivity (Wildman–Crippen MR) is 97.4 cm³/mol. The average molecular weight is 347 g/mol. The normalized spacial score (nSPS) is 20.2. The van der Waals surface area contributed by atoms with Crippen molar-refractivity contribution >= 4 is 11.8 Å². The first-order valence-corrected chi connectivity index (χ1v) is 8.83. The van der Waals surface area contributed by atoms with Gasteiger partial charge < -0.3 is 19.9 Å². The van der Waals surface area contributed by atoms with Crippen LogP contribution < -0.4 is 10.1 Å². The Morgan fingerprint density at radius 3 is 2.56 bits per heavy atom. The van der Waals surface area contributed by atoms with E-state index in [4.69, 9.17) is 4.74 Å². The van der Waals surface area contributed by atoms with E-state index in [1.807, 2.05) is 45.3 Å². The van der Waals surface area contributed by atoms with E-state index >= 15 is 0 Å². The second kappa shape index (κ2) is 8.85. The molecule has 0 unspecified atom stereocenters. The van der Waals surface area contributed by atoms with E-state index in [9.17, 15) is 9.59 Å². The van der Waals surface area contributed by atoms with Gasteiger partial charge in [0.15, 0.2) is 0 Å². The smallest absolute Gasteiger partial charge is 0.226 e. The van der Waals surface area contributed by atoms with Crippen LogP contribution in [0, 0.1) is 5.92 Å². The van der Waals surface area contributed by atoms with Gasteiger partial charge in [-0.15, -0.1) is 0 Å². The zero-order valence-electron chi connectivity index (χ0n) is 15.6. The van der Waals surface area contributed by atoms with Gasteiger partial charge in [-0.1, -0.05) is 12.1 Å². The fraction of sp³-hybridized carbons (Fsp3) is 0.579. The minimum absolute atomic E-state index is 0.0381. The van der Waals surface area contributed by atoms with Gasteiger partial charge in [-0.25, -0.2) is 0 Å². The molecular weight excluding hydrogens is 318 g/mol. The van der Waals surface area contributed by atoms with Crippen LogP contribution in [0.4, 0.5) is 0 Å². The number of methoxy groups -OCH3 is 1. The quantitative estimate of drug-likeness (QED) is 0.727. The van der Waals surface area contributed by atoms with E-state index in [-0.39, 0.29) is 30.2 Å². The third-order valence-electron chi connectivity index (χ3n) is 4.65. The van der Waals surface area contributed by atoms with Gasteiger partial charge >= 0.3 is 0 Å². The van der Waals surface area contributed by atoms with E-state index in [1.165, 1.54) is 0 Å². The molecule has 0 aromatic heterocycles. The summed E-state index contributed by atoms with van der Waals surface area (Å²) in [6, 6.07) is 7.42. The first kappa shape index (κ1) is 19.2. The van der Waals surface area contributed by atoms with Crippen molar-refractivity contribution in [2.45, 2.75) is 25.8 Å². The number of carbonyl (C=O) groups excluding carboxylic acids is 2. The summed E-state index contributed by atoms with van der Waals surface area (Å²) in [5.41, 5.74) is 0.974. The minimum atomic E-state index is -0.347. The van der Waals surface area contributed by atoms with Gasteiger partial charge in [0.2, 0.25) is 11.8 Å². The van der Waals surface area contributed by atoms with Gasteiger partial charge in [0.25, 0.3) is 0 Å². The van der Waals surface area contributed by atoms with Crippen molar-refractivity contribution < 1.29 is 14.3 Å². The van der Waals surface area contributed by atoms with E-state index in [0.29, 0.717) is 13.1 Å². The zero-order chi connectivity index (χ0) is 18.4. The Kier molecular flexibility index (Phi) is 6.82. The Bertz CT molecular complexity index is 586. The van der Waals surface area contributed by atoms with Crippen LogP contribution in [0.5, 0.6) is 5.75 Å². The van der Waals surface area contributed by atoms with Crippen molar-refractivity contribution in [3.8, 4) is 5.75 Å². The number of carbonyl (C=O) groups is 2. The molecule has 1 aromatic carbocycles. The van der Waals surface area contributed by atoms with E-state index < -0.39 is 0 Å². The lowest BCUT2D eigenvalue weighted by Crippen LogP contribution is -2.36. The minimum Gasteiger partial charge on any atom is -0.497 e. The Morgan fingerprint density at radius 2 is 2.00 bits per heavy atom. The molecule has 6 nitrogen and oxygen atoms in total. The second-order valence-corrected chi connectivity index (χ2v) is 6.66. The molecule has 6 heteroatoms. The van der Waals surface area contributed by atoms with Gasteiger partial charge in [0.05, 0.1) is 19.1 Å². The summed E-state index contributed by atoms with van der Waals surface area (Å²) < 4.78 is 5.20. The number of likely N-dealkylation sites (tertiary alicyclic amines) is 1. The third kappa shape index (κ3) is 4.72. The summed E-state index contributed by atoms with van der Waals surface area (Å²) in [7, 11) is 5.64. The van der Waals surface area contributed by atoms with E-state index in [2.05, 4.69) is 10.2 Å². The van der Waals surface area contributed by atoms with Gasteiger partial charge in [-0.3, -0.25) is 9.59 Å². The molecule has 2 rings (SSSR count). The van der Waals surface area contributed by atoms with Gasteiger partial charge in [0.1, 0.15) is 5.75 Å². The molecule has 0 spiro atoms. The topological polar surface area (TPSA) is 61.9 Å². The molecule has 1 N–H and O–H groups in total. The lowest BCUT2D eigenvalue weighted by Gasteiger charge is -2.27. The van der Waals surface area contributed by atoms with Crippen molar-refractivity contribution in [2.24, 2.45) is 5.92 Å². The van der Waals surface area contributed by atoms with Crippen molar-refractivity contribution in [1.29, 1.82) is 0 Å². The third-order valence-corrected chi connectivity index (χ3v) is 4.65. The second-order valence-electron chi connectivity index (χ2n) is 6.66. The maximum atomic E-state index is 12.7. The van der Waals surface area contributed by atoms with Crippen LogP contribution in [-0.2, 0) is 9.59 Å². The molecule has 1 aliphatic rings. The summed E-state index contributed by atoms with van der Waals surface area (Å²) in [6.07, 6.45) is 1.16. The number of hydrogen-bond acceptors (Lipinski definition) is 4. The van der Waals surface area contributed by atoms with Gasteiger partial charge in [-0.2, -0.15) is 0 Å². The highest BCUT2D eigenvalue weighted by atomic mass is 16.5. The molecule has 1 heterocycles. The number of benzene rings is 1. The Labute approximate surface area is 150 Å². The Morgan fingerprint density at radius 1 is 1.32 bits per heavy atom. The molecule has 0 aliphatic carbocycles. The van der Waals surface area contributed by atoms with Crippen molar-refractivity contribution in [1.82, 2.24) is 15.1 Å². The molecule has 2 amide bonds. The molecule has 138 valence electrons.